The maximum Gasteiger partial charge on any atom is 0.176 e. The van der Waals surface area contributed by atoms with Crippen LogP contribution >= 0.6 is 11.8 Å². The summed E-state index contributed by atoms with van der Waals surface area (Å²) in [7, 11) is 0. The van der Waals surface area contributed by atoms with Gasteiger partial charge >= 0.3 is 0 Å². The quantitative estimate of drug-likeness (QED) is 0.408. The minimum Gasteiger partial charge on any atom is -0.512 e. The zero-order valence-corrected chi connectivity index (χ0v) is 15.3. The first-order chi connectivity index (χ1) is 12.0. The molecular formula is C20H24N2O2S. The highest BCUT2D eigenvalue weighted by molar-refractivity contribution is 7.99. The molecule has 0 spiro atoms. The Morgan fingerprint density at radius 2 is 2.16 bits per heavy atom. The number of aromatic hydroxyl groups is 1. The molecule has 0 bridgehead atoms. The number of nitriles is 1. The molecule has 0 saturated heterocycles. The summed E-state index contributed by atoms with van der Waals surface area (Å²) in [6.45, 7) is 3.00. The zero-order chi connectivity index (χ0) is 17.9. The standard InChI is InChI=1S/C20H24N2O2S/c1-20(14-4-6-15(23)7-5-14)12-25-19-11-16(24)8-9-17(19)18(20)3-2-10-22-13-21/h4,6,8-9,11,18,22-24H,2-3,5,7,10,12H2,1H3. The molecule has 0 amide bonds. The van der Waals surface area contributed by atoms with Crippen LogP contribution in [0.4, 0.5) is 0 Å². The number of aliphatic hydroxyl groups is 1. The van der Waals surface area contributed by atoms with Crippen molar-refractivity contribution in [1.29, 1.82) is 5.26 Å². The van der Waals surface area contributed by atoms with Gasteiger partial charge in [-0.2, -0.15) is 5.26 Å². The molecule has 1 aromatic rings. The van der Waals surface area contributed by atoms with Crippen molar-refractivity contribution in [2.45, 2.75) is 43.4 Å². The van der Waals surface area contributed by atoms with Gasteiger partial charge in [0, 0.05) is 29.0 Å². The number of phenols is 1. The van der Waals surface area contributed by atoms with E-state index in [1.54, 1.807) is 17.8 Å². The predicted molar refractivity (Wildman–Crippen MR) is 101 cm³/mol. The fourth-order valence-electron chi connectivity index (χ4n) is 3.95. The Hall–Kier alpha value is -2.06. The maximum atomic E-state index is 9.82. The SMILES string of the molecule is CC1(C2=CC=C(O)CC2)CSc2cc(O)ccc2C1CCCNC#N. The van der Waals surface area contributed by atoms with Crippen LogP contribution in [0.5, 0.6) is 5.75 Å². The van der Waals surface area contributed by atoms with Crippen molar-refractivity contribution in [1.82, 2.24) is 5.32 Å². The first-order valence-corrected chi connectivity index (χ1v) is 9.70. The van der Waals surface area contributed by atoms with Crippen molar-refractivity contribution >= 4 is 11.8 Å². The summed E-state index contributed by atoms with van der Waals surface area (Å²) >= 11 is 1.80. The van der Waals surface area contributed by atoms with Gasteiger partial charge < -0.3 is 15.5 Å². The molecule has 1 heterocycles. The van der Waals surface area contributed by atoms with Crippen molar-refractivity contribution < 1.29 is 10.2 Å². The van der Waals surface area contributed by atoms with E-state index in [4.69, 9.17) is 5.26 Å². The Morgan fingerprint density at radius 3 is 2.88 bits per heavy atom. The number of allylic oxidation sites excluding steroid dienone is 4. The van der Waals surface area contributed by atoms with Crippen LogP contribution in [0.25, 0.3) is 0 Å². The zero-order valence-electron chi connectivity index (χ0n) is 14.5. The molecule has 25 heavy (non-hydrogen) atoms. The average Bonchev–Trinajstić information content (AvgIpc) is 2.61. The topological polar surface area (TPSA) is 76.3 Å². The number of hydrogen-bond acceptors (Lipinski definition) is 5. The smallest absolute Gasteiger partial charge is 0.176 e. The van der Waals surface area contributed by atoms with Gasteiger partial charge in [0.05, 0.1) is 5.76 Å². The summed E-state index contributed by atoms with van der Waals surface area (Å²) in [5.41, 5.74) is 2.68. The van der Waals surface area contributed by atoms with Crippen molar-refractivity contribution in [3.63, 3.8) is 0 Å². The lowest BCUT2D eigenvalue weighted by atomic mass is 9.66. The minimum absolute atomic E-state index is 0.0124. The van der Waals surface area contributed by atoms with E-state index in [2.05, 4.69) is 18.3 Å². The monoisotopic (exact) mass is 356 g/mol. The van der Waals surface area contributed by atoms with Gasteiger partial charge in [0.25, 0.3) is 0 Å². The Kier molecular flexibility index (Phi) is 5.29. The summed E-state index contributed by atoms with van der Waals surface area (Å²) < 4.78 is 0. The fourth-order valence-corrected chi connectivity index (χ4v) is 5.37. The Labute approximate surface area is 153 Å². The van der Waals surface area contributed by atoms with Gasteiger partial charge in [0.1, 0.15) is 5.75 Å². The third kappa shape index (κ3) is 3.64. The van der Waals surface area contributed by atoms with Gasteiger partial charge in [-0.15, -0.1) is 11.8 Å². The van der Waals surface area contributed by atoms with Gasteiger partial charge in [-0.25, -0.2) is 0 Å². The van der Waals surface area contributed by atoms with E-state index in [-0.39, 0.29) is 5.41 Å². The van der Waals surface area contributed by atoms with Crippen molar-refractivity contribution in [3.8, 4) is 11.9 Å². The van der Waals surface area contributed by atoms with E-state index < -0.39 is 0 Å². The van der Waals surface area contributed by atoms with E-state index >= 15 is 0 Å². The minimum atomic E-state index is 0.0124. The third-order valence-electron chi connectivity index (χ3n) is 5.40. The van der Waals surface area contributed by atoms with Gasteiger partial charge in [0.15, 0.2) is 6.19 Å². The molecule has 4 nitrogen and oxygen atoms in total. The predicted octanol–water partition coefficient (Wildman–Crippen LogP) is 4.60. The molecule has 0 aromatic heterocycles. The molecule has 1 aliphatic heterocycles. The van der Waals surface area contributed by atoms with Crippen molar-refractivity contribution in [2.75, 3.05) is 12.3 Å². The van der Waals surface area contributed by atoms with E-state index in [0.717, 1.165) is 29.9 Å². The maximum absolute atomic E-state index is 9.82. The fraction of sp³-hybridized carbons (Fsp3) is 0.450. The highest BCUT2D eigenvalue weighted by atomic mass is 32.2. The second-order valence-electron chi connectivity index (χ2n) is 7.01. The van der Waals surface area contributed by atoms with Crippen LogP contribution in [-0.2, 0) is 0 Å². The highest BCUT2D eigenvalue weighted by Crippen LogP contribution is 2.55. The largest absolute Gasteiger partial charge is 0.512 e. The van der Waals surface area contributed by atoms with E-state index in [1.165, 1.54) is 11.1 Å². The average molecular weight is 356 g/mol. The molecule has 1 aromatic carbocycles. The summed E-state index contributed by atoms with van der Waals surface area (Å²) in [5, 5.41) is 31.0. The van der Waals surface area contributed by atoms with E-state index in [1.807, 2.05) is 24.4 Å². The summed E-state index contributed by atoms with van der Waals surface area (Å²) in [6.07, 6.45) is 9.40. The van der Waals surface area contributed by atoms with Crippen LogP contribution in [0.3, 0.4) is 0 Å². The lowest BCUT2D eigenvalue weighted by molar-refractivity contribution is 0.304. The number of benzene rings is 1. The molecule has 0 radical (unpaired) electrons. The van der Waals surface area contributed by atoms with E-state index in [0.29, 0.717) is 30.4 Å². The number of aliphatic hydroxyl groups excluding tert-OH is 1. The van der Waals surface area contributed by atoms with Crippen LogP contribution in [0.1, 0.15) is 44.1 Å². The lowest BCUT2D eigenvalue weighted by Gasteiger charge is -2.45. The number of fused-ring (bicyclic) bond motifs is 1. The van der Waals surface area contributed by atoms with Crippen molar-refractivity contribution in [3.05, 3.63) is 47.2 Å². The highest BCUT2D eigenvalue weighted by Gasteiger charge is 2.42. The first kappa shape index (κ1) is 17.8. The van der Waals surface area contributed by atoms with Crippen molar-refractivity contribution in [2.24, 2.45) is 5.41 Å². The van der Waals surface area contributed by atoms with E-state index in [9.17, 15) is 10.2 Å². The molecule has 132 valence electrons. The van der Waals surface area contributed by atoms with Crippen LogP contribution < -0.4 is 5.32 Å². The first-order valence-electron chi connectivity index (χ1n) is 8.71. The van der Waals surface area contributed by atoms with Gasteiger partial charge in [-0.1, -0.05) is 24.6 Å². The summed E-state index contributed by atoms with van der Waals surface area (Å²) in [4.78, 5) is 1.16. The number of nitrogens with one attached hydrogen (secondary N) is 1. The van der Waals surface area contributed by atoms with Crippen LogP contribution in [0, 0.1) is 16.9 Å². The van der Waals surface area contributed by atoms with Gasteiger partial charge in [-0.3, -0.25) is 0 Å². The summed E-state index contributed by atoms with van der Waals surface area (Å²) in [6, 6.07) is 5.68. The van der Waals surface area contributed by atoms with Crippen LogP contribution in [-0.4, -0.2) is 22.5 Å². The third-order valence-corrected chi connectivity index (χ3v) is 6.81. The second-order valence-corrected chi connectivity index (χ2v) is 8.03. The number of hydrogen-bond donors (Lipinski definition) is 3. The Bertz CT molecular complexity index is 751. The molecular weight excluding hydrogens is 332 g/mol. The van der Waals surface area contributed by atoms with Crippen LogP contribution in [0.15, 0.2) is 46.6 Å². The molecule has 2 atom stereocenters. The molecule has 0 saturated carbocycles. The molecule has 3 rings (SSSR count). The summed E-state index contributed by atoms with van der Waals surface area (Å²) in [5.74, 6) is 2.06. The Morgan fingerprint density at radius 1 is 1.32 bits per heavy atom. The molecule has 5 heteroatoms. The Balaban J connectivity index is 1.93. The number of phenolic OH excluding ortho intramolecular Hbond substituents is 1. The van der Waals surface area contributed by atoms with Gasteiger partial charge in [-0.05, 0) is 49.0 Å². The molecule has 3 N–H and O–H groups in total. The normalized spacial score (nSPS) is 25.4. The molecule has 0 fully saturated rings. The molecule has 1 aliphatic carbocycles. The molecule has 2 aliphatic rings. The van der Waals surface area contributed by atoms with Gasteiger partial charge in [0.2, 0.25) is 0 Å². The molecule has 2 unspecified atom stereocenters. The lowest BCUT2D eigenvalue weighted by Crippen LogP contribution is -2.34. The number of thioether (sulfide) groups is 1. The number of rotatable bonds is 5. The number of nitrogens with zero attached hydrogens (tertiary/aromatic N) is 1. The van der Waals surface area contributed by atoms with Crippen LogP contribution in [0.2, 0.25) is 0 Å². The second kappa shape index (κ2) is 7.45.